The number of rotatable bonds is 1. The number of hydrogen-bond acceptors (Lipinski definition) is 3. The second kappa shape index (κ2) is 3.10. The van der Waals surface area contributed by atoms with E-state index in [1.807, 2.05) is 18.9 Å². The molecule has 0 aromatic carbocycles. The van der Waals surface area contributed by atoms with Crippen LogP contribution < -0.4 is 5.43 Å². The Labute approximate surface area is 108 Å². The van der Waals surface area contributed by atoms with Crippen molar-refractivity contribution in [3.05, 3.63) is 0 Å². The maximum Gasteiger partial charge on any atom is 0.258 e. The number of amides is 1. The zero-order chi connectivity index (χ0) is 12.7. The number of aliphatic hydroxyl groups is 1. The zero-order valence-electron chi connectivity index (χ0n) is 11.1. The van der Waals surface area contributed by atoms with Crippen LogP contribution in [0.2, 0.25) is 0 Å². The highest BCUT2D eigenvalue weighted by Gasteiger charge is 2.60. The standard InChI is InChI=1S/C14H22N2O2/c1-13(2)12(17)16(15-13)11-9-3-8-4-10(11)7-14(18,5-8)6-9/h8-11,15,18H,3-7H2,1-2H3. The van der Waals surface area contributed by atoms with Gasteiger partial charge in [-0.15, -0.1) is 0 Å². The number of hydrazine groups is 1. The second-order valence-electron chi connectivity index (χ2n) is 7.60. The summed E-state index contributed by atoms with van der Waals surface area (Å²) in [5.41, 5.74) is 2.52. The van der Waals surface area contributed by atoms with Crippen LogP contribution in [0.1, 0.15) is 46.0 Å². The van der Waals surface area contributed by atoms with Crippen LogP contribution in [-0.4, -0.2) is 33.2 Å². The Morgan fingerprint density at radius 2 is 1.83 bits per heavy atom. The SMILES string of the molecule is CC1(C)NN(C2C3CC4CC2CC(O)(C4)C3)C1=O. The first-order valence-corrected chi connectivity index (χ1v) is 7.22. The van der Waals surface area contributed by atoms with Crippen molar-refractivity contribution < 1.29 is 9.90 Å². The summed E-state index contributed by atoms with van der Waals surface area (Å²) in [6.45, 7) is 3.88. The monoisotopic (exact) mass is 250 g/mol. The Bertz CT molecular complexity index is 404. The maximum absolute atomic E-state index is 12.2. The van der Waals surface area contributed by atoms with Gasteiger partial charge in [-0.05, 0) is 63.7 Å². The molecular formula is C14H22N2O2. The molecular weight excluding hydrogens is 228 g/mol. The summed E-state index contributed by atoms with van der Waals surface area (Å²) >= 11 is 0. The van der Waals surface area contributed by atoms with Crippen molar-refractivity contribution in [2.75, 3.05) is 0 Å². The second-order valence-corrected chi connectivity index (χ2v) is 7.60. The van der Waals surface area contributed by atoms with Crippen molar-refractivity contribution in [2.45, 2.75) is 63.1 Å². The topological polar surface area (TPSA) is 52.6 Å². The molecule has 1 aliphatic heterocycles. The number of carbonyl (C=O) groups is 1. The van der Waals surface area contributed by atoms with Gasteiger partial charge in [0, 0.05) is 0 Å². The normalized spacial score (nSPS) is 52.6. The lowest BCUT2D eigenvalue weighted by Crippen LogP contribution is -2.79. The van der Waals surface area contributed by atoms with Gasteiger partial charge in [0.15, 0.2) is 0 Å². The lowest BCUT2D eigenvalue weighted by molar-refractivity contribution is -0.202. The molecule has 5 rings (SSSR count). The molecule has 4 bridgehead atoms. The quantitative estimate of drug-likeness (QED) is 0.731. The highest BCUT2D eigenvalue weighted by atomic mass is 16.3. The lowest BCUT2D eigenvalue weighted by atomic mass is 9.52. The number of hydrogen-bond donors (Lipinski definition) is 2. The van der Waals surface area contributed by atoms with Gasteiger partial charge in [-0.1, -0.05) is 0 Å². The number of nitrogens with zero attached hydrogens (tertiary/aromatic N) is 1. The van der Waals surface area contributed by atoms with Gasteiger partial charge in [-0.25, -0.2) is 5.43 Å². The zero-order valence-corrected chi connectivity index (χ0v) is 11.1. The molecule has 2 atom stereocenters. The van der Waals surface area contributed by atoms with E-state index in [1.54, 1.807) is 0 Å². The third kappa shape index (κ3) is 1.31. The molecule has 4 saturated carbocycles. The highest BCUT2D eigenvalue weighted by molar-refractivity contribution is 5.90. The van der Waals surface area contributed by atoms with E-state index in [0.29, 0.717) is 23.8 Å². The minimum atomic E-state index is -0.406. The Morgan fingerprint density at radius 3 is 2.28 bits per heavy atom. The average molecular weight is 250 g/mol. The molecule has 0 aromatic heterocycles. The van der Waals surface area contributed by atoms with Crippen LogP contribution in [0, 0.1) is 17.8 Å². The van der Waals surface area contributed by atoms with E-state index >= 15 is 0 Å². The molecule has 5 aliphatic rings. The molecule has 100 valence electrons. The molecule has 4 aliphatic carbocycles. The van der Waals surface area contributed by atoms with E-state index in [2.05, 4.69) is 5.43 Å². The van der Waals surface area contributed by atoms with Crippen LogP contribution >= 0.6 is 0 Å². The molecule has 0 aromatic rings. The summed E-state index contributed by atoms with van der Waals surface area (Å²) in [6.07, 6.45) is 5.21. The Balaban J connectivity index is 1.60. The van der Waals surface area contributed by atoms with Crippen molar-refractivity contribution >= 4 is 5.91 Å². The van der Waals surface area contributed by atoms with Crippen molar-refractivity contribution in [1.82, 2.24) is 10.4 Å². The van der Waals surface area contributed by atoms with Gasteiger partial charge in [0.1, 0.15) is 5.54 Å². The third-order valence-corrected chi connectivity index (χ3v) is 5.64. The first kappa shape index (κ1) is 11.2. The molecule has 1 saturated heterocycles. The largest absolute Gasteiger partial charge is 0.390 e. The Morgan fingerprint density at radius 1 is 1.22 bits per heavy atom. The third-order valence-electron chi connectivity index (χ3n) is 5.64. The van der Waals surface area contributed by atoms with Gasteiger partial charge in [-0.2, -0.15) is 0 Å². The highest BCUT2D eigenvalue weighted by Crippen LogP contribution is 2.57. The van der Waals surface area contributed by atoms with E-state index in [4.69, 9.17) is 0 Å². The van der Waals surface area contributed by atoms with Crippen LogP contribution in [0.5, 0.6) is 0 Å². The summed E-state index contributed by atoms with van der Waals surface area (Å²) in [4.78, 5) is 12.2. The lowest BCUT2D eigenvalue weighted by Gasteiger charge is -2.63. The molecule has 0 radical (unpaired) electrons. The molecule has 4 heteroatoms. The van der Waals surface area contributed by atoms with E-state index < -0.39 is 5.60 Å². The Kier molecular flexibility index (Phi) is 1.93. The van der Waals surface area contributed by atoms with E-state index in [-0.39, 0.29) is 11.4 Å². The van der Waals surface area contributed by atoms with Gasteiger partial charge in [0.25, 0.3) is 5.91 Å². The fourth-order valence-electron chi connectivity index (χ4n) is 5.23. The molecule has 0 spiro atoms. The van der Waals surface area contributed by atoms with Gasteiger partial charge < -0.3 is 5.11 Å². The van der Waals surface area contributed by atoms with E-state index in [1.165, 1.54) is 12.8 Å². The summed E-state index contributed by atoms with van der Waals surface area (Å²) < 4.78 is 0. The van der Waals surface area contributed by atoms with Gasteiger partial charge >= 0.3 is 0 Å². The minimum absolute atomic E-state index is 0.229. The smallest absolute Gasteiger partial charge is 0.258 e. The van der Waals surface area contributed by atoms with Gasteiger partial charge in [-0.3, -0.25) is 9.80 Å². The first-order valence-electron chi connectivity index (χ1n) is 7.22. The molecule has 4 nitrogen and oxygen atoms in total. The van der Waals surface area contributed by atoms with Crippen LogP contribution in [0.15, 0.2) is 0 Å². The molecule has 2 N–H and O–H groups in total. The van der Waals surface area contributed by atoms with E-state index in [0.717, 1.165) is 19.3 Å². The predicted molar refractivity (Wildman–Crippen MR) is 66.4 cm³/mol. The van der Waals surface area contributed by atoms with Gasteiger partial charge in [0.2, 0.25) is 0 Å². The van der Waals surface area contributed by atoms with Crippen LogP contribution in [0.25, 0.3) is 0 Å². The molecule has 1 heterocycles. The fourth-order valence-corrected chi connectivity index (χ4v) is 5.23. The van der Waals surface area contributed by atoms with Gasteiger partial charge in [0.05, 0.1) is 11.6 Å². The van der Waals surface area contributed by atoms with Crippen molar-refractivity contribution in [1.29, 1.82) is 0 Å². The molecule has 1 amide bonds. The van der Waals surface area contributed by atoms with Crippen molar-refractivity contribution in [3.8, 4) is 0 Å². The molecule has 18 heavy (non-hydrogen) atoms. The van der Waals surface area contributed by atoms with Crippen molar-refractivity contribution in [2.24, 2.45) is 17.8 Å². The number of nitrogens with one attached hydrogen (secondary N) is 1. The minimum Gasteiger partial charge on any atom is -0.390 e. The Hall–Kier alpha value is -0.610. The van der Waals surface area contributed by atoms with Crippen LogP contribution in [0.3, 0.4) is 0 Å². The van der Waals surface area contributed by atoms with Crippen LogP contribution in [0.4, 0.5) is 0 Å². The summed E-state index contributed by atoms with van der Waals surface area (Å²) in [6, 6.07) is 0.336. The predicted octanol–water partition coefficient (Wildman–Crippen LogP) is 1.05. The van der Waals surface area contributed by atoms with Crippen LogP contribution in [-0.2, 0) is 4.79 Å². The first-order chi connectivity index (χ1) is 8.38. The average Bonchev–Trinajstić information content (AvgIpc) is 2.24. The number of carbonyl (C=O) groups excluding carboxylic acids is 1. The van der Waals surface area contributed by atoms with E-state index in [9.17, 15) is 9.90 Å². The maximum atomic E-state index is 12.2. The van der Waals surface area contributed by atoms with Crippen molar-refractivity contribution in [3.63, 3.8) is 0 Å². The molecule has 5 fully saturated rings. The summed E-state index contributed by atoms with van der Waals surface area (Å²) in [7, 11) is 0. The fraction of sp³-hybridized carbons (Fsp3) is 0.929. The summed E-state index contributed by atoms with van der Waals surface area (Å²) in [5.74, 6) is 1.95. The summed E-state index contributed by atoms with van der Waals surface area (Å²) in [5, 5.41) is 12.4. The molecule has 2 unspecified atom stereocenters.